The first-order chi connectivity index (χ1) is 16.0. The molecule has 2 N–H and O–H groups in total. The Bertz CT molecular complexity index is 1040. The van der Waals surface area contributed by atoms with Gasteiger partial charge in [-0.25, -0.2) is 4.79 Å². The largest absolute Gasteiger partial charge is 0.481 e. The Labute approximate surface area is 192 Å². The predicted octanol–water partition coefficient (Wildman–Crippen LogP) is 3.63. The number of hydrogen-bond acceptors (Lipinski definition) is 4. The lowest BCUT2D eigenvalue weighted by molar-refractivity contribution is -0.140. The number of carbonyl (C=O) groups excluding carboxylic acids is 2. The Morgan fingerprint density at radius 2 is 1.70 bits per heavy atom. The van der Waals surface area contributed by atoms with Crippen LogP contribution in [-0.2, 0) is 14.3 Å². The van der Waals surface area contributed by atoms with E-state index in [9.17, 15) is 14.4 Å². The molecule has 1 unspecified atom stereocenters. The van der Waals surface area contributed by atoms with Crippen molar-refractivity contribution < 1.29 is 24.2 Å². The molecule has 33 heavy (non-hydrogen) atoms. The van der Waals surface area contributed by atoms with Gasteiger partial charge < -0.3 is 20.1 Å². The van der Waals surface area contributed by atoms with Crippen molar-refractivity contribution in [2.24, 2.45) is 11.8 Å². The molecule has 0 spiro atoms. The molecular weight excluding hydrogens is 420 g/mol. The van der Waals surface area contributed by atoms with Gasteiger partial charge in [0.2, 0.25) is 5.91 Å². The highest BCUT2D eigenvalue weighted by molar-refractivity contribution is 5.83. The fourth-order valence-corrected chi connectivity index (χ4v) is 5.39. The highest BCUT2D eigenvalue weighted by Crippen LogP contribution is 2.44. The van der Waals surface area contributed by atoms with E-state index in [1.165, 1.54) is 22.3 Å². The van der Waals surface area contributed by atoms with E-state index in [4.69, 9.17) is 9.84 Å². The number of alkyl carbamates (subject to hydrolysis) is 1. The SMILES string of the molecule is O=C(O)CC1CCCN1C(=O)[C@H]1C[C@H]1CNC(=O)OCC1c2ccccc2-c2ccccc21. The number of nitrogens with one attached hydrogen (secondary N) is 1. The van der Waals surface area contributed by atoms with Crippen LogP contribution in [0.4, 0.5) is 4.79 Å². The lowest BCUT2D eigenvalue weighted by atomic mass is 9.98. The summed E-state index contributed by atoms with van der Waals surface area (Å²) in [6.07, 6.45) is 1.84. The predicted molar refractivity (Wildman–Crippen MR) is 122 cm³/mol. The monoisotopic (exact) mass is 448 g/mol. The van der Waals surface area contributed by atoms with E-state index in [-0.39, 0.29) is 42.7 Å². The molecule has 2 aliphatic carbocycles. The van der Waals surface area contributed by atoms with E-state index in [1.54, 1.807) is 4.90 Å². The van der Waals surface area contributed by atoms with Gasteiger partial charge in [0.05, 0.1) is 6.42 Å². The van der Waals surface area contributed by atoms with Crippen LogP contribution in [0, 0.1) is 11.8 Å². The van der Waals surface area contributed by atoms with Crippen molar-refractivity contribution in [1.82, 2.24) is 10.2 Å². The molecule has 1 saturated carbocycles. The van der Waals surface area contributed by atoms with Gasteiger partial charge in [-0.2, -0.15) is 0 Å². The summed E-state index contributed by atoms with van der Waals surface area (Å²) < 4.78 is 5.56. The fourth-order valence-electron chi connectivity index (χ4n) is 5.39. The number of rotatable bonds is 7. The maximum absolute atomic E-state index is 12.8. The van der Waals surface area contributed by atoms with E-state index in [2.05, 4.69) is 29.6 Å². The molecule has 2 aromatic rings. The number of carboxylic acid groups (broad SMARTS) is 1. The maximum atomic E-state index is 12.8. The van der Waals surface area contributed by atoms with Gasteiger partial charge in [-0.05, 0) is 47.4 Å². The van der Waals surface area contributed by atoms with Crippen molar-refractivity contribution in [3.8, 4) is 11.1 Å². The second kappa shape index (κ2) is 8.89. The van der Waals surface area contributed by atoms with Crippen LogP contribution in [0.3, 0.4) is 0 Å². The minimum absolute atomic E-state index is 0.00112. The summed E-state index contributed by atoms with van der Waals surface area (Å²) in [6, 6.07) is 16.2. The van der Waals surface area contributed by atoms with Crippen molar-refractivity contribution in [2.75, 3.05) is 19.7 Å². The molecule has 0 aromatic heterocycles. The van der Waals surface area contributed by atoms with Crippen LogP contribution in [0.1, 0.15) is 42.7 Å². The topological polar surface area (TPSA) is 95.9 Å². The molecule has 3 atom stereocenters. The molecule has 172 valence electrons. The quantitative estimate of drug-likeness (QED) is 0.674. The molecule has 5 rings (SSSR count). The molecule has 7 heteroatoms. The van der Waals surface area contributed by atoms with Gasteiger partial charge in [-0.1, -0.05) is 48.5 Å². The van der Waals surface area contributed by atoms with E-state index in [0.29, 0.717) is 13.1 Å². The molecule has 2 aromatic carbocycles. The summed E-state index contributed by atoms with van der Waals surface area (Å²) >= 11 is 0. The van der Waals surface area contributed by atoms with E-state index in [1.807, 2.05) is 24.3 Å². The number of benzene rings is 2. The molecule has 0 bridgehead atoms. The highest BCUT2D eigenvalue weighted by atomic mass is 16.5. The molecular formula is C26H28N2O5. The first-order valence-corrected chi connectivity index (χ1v) is 11.6. The zero-order valence-corrected chi connectivity index (χ0v) is 18.4. The average Bonchev–Trinajstić information content (AvgIpc) is 3.33. The van der Waals surface area contributed by atoms with Gasteiger partial charge >= 0.3 is 12.1 Å². The van der Waals surface area contributed by atoms with Crippen LogP contribution in [0.5, 0.6) is 0 Å². The van der Waals surface area contributed by atoms with E-state index >= 15 is 0 Å². The van der Waals surface area contributed by atoms with Crippen molar-refractivity contribution in [3.63, 3.8) is 0 Å². The molecule has 7 nitrogen and oxygen atoms in total. The Balaban J connectivity index is 1.11. The van der Waals surface area contributed by atoms with Crippen molar-refractivity contribution in [2.45, 2.75) is 37.6 Å². The highest BCUT2D eigenvalue weighted by Gasteiger charge is 2.47. The Kier molecular flexibility index (Phi) is 5.79. The summed E-state index contributed by atoms with van der Waals surface area (Å²) in [5.74, 6) is -0.876. The lowest BCUT2D eigenvalue weighted by Gasteiger charge is -2.23. The van der Waals surface area contributed by atoms with Crippen molar-refractivity contribution >= 4 is 18.0 Å². The summed E-state index contributed by atoms with van der Waals surface area (Å²) in [7, 11) is 0. The fraction of sp³-hybridized carbons (Fsp3) is 0.423. The minimum atomic E-state index is -0.871. The minimum Gasteiger partial charge on any atom is -0.481 e. The second-order valence-corrected chi connectivity index (χ2v) is 9.23. The number of fused-ring (bicyclic) bond motifs is 3. The number of aliphatic carboxylic acids is 1. The van der Waals surface area contributed by atoms with Crippen LogP contribution in [0.15, 0.2) is 48.5 Å². The van der Waals surface area contributed by atoms with Crippen LogP contribution < -0.4 is 5.32 Å². The number of ether oxygens (including phenoxy) is 1. The molecule has 1 aliphatic heterocycles. The molecule has 3 aliphatic rings. The Morgan fingerprint density at radius 3 is 2.36 bits per heavy atom. The first-order valence-electron chi connectivity index (χ1n) is 11.6. The zero-order valence-electron chi connectivity index (χ0n) is 18.4. The summed E-state index contributed by atoms with van der Waals surface area (Å²) in [6.45, 7) is 1.28. The third kappa shape index (κ3) is 4.32. The van der Waals surface area contributed by atoms with Crippen molar-refractivity contribution in [1.29, 1.82) is 0 Å². The molecule has 1 heterocycles. The average molecular weight is 449 g/mol. The zero-order chi connectivity index (χ0) is 22.9. The first kappa shape index (κ1) is 21.5. The summed E-state index contributed by atoms with van der Waals surface area (Å²) in [5, 5.41) is 11.9. The van der Waals surface area contributed by atoms with Gasteiger partial charge in [-0.3, -0.25) is 9.59 Å². The maximum Gasteiger partial charge on any atom is 0.407 e. The molecule has 0 radical (unpaired) electrons. The number of carbonyl (C=O) groups is 3. The lowest BCUT2D eigenvalue weighted by Crippen LogP contribution is -2.38. The van der Waals surface area contributed by atoms with Crippen LogP contribution >= 0.6 is 0 Å². The van der Waals surface area contributed by atoms with Crippen LogP contribution in [-0.4, -0.2) is 53.7 Å². The third-order valence-corrected chi connectivity index (χ3v) is 7.16. The summed E-state index contributed by atoms with van der Waals surface area (Å²) in [5.41, 5.74) is 4.70. The smallest absolute Gasteiger partial charge is 0.407 e. The number of nitrogens with zero attached hydrogens (tertiary/aromatic N) is 1. The van der Waals surface area contributed by atoms with Gasteiger partial charge in [0.1, 0.15) is 6.61 Å². The molecule has 2 amide bonds. The van der Waals surface area contributed by atoms with Gasteiger partial charge in [0.15, 0.2) is 0 Å². The standard InChI is InChI=1S/C26H28N2O5/c29-24(30)13-17-6-5-11-28(17)25(31)22-12-16(22)14-27-26(32)33-15-23-20-9-3-1-7-18(20)19-8-2-4-10-21(19)23/h1-4,7-10,16-17,22-23H,5-6,11-15H2,(H,27,32)(H,29,30)/t16-,17?,22-/m0/s1. The Morgan fingerprint density at radius 1 is 1.03 bits per heavy atom. The number of hydrogen-bond donors (Lipinski definition) is 2. The number of amides is 2. The number of likely N-dealkylation sites (tertiary alicyclic amines) is 1. The van der Waals surface area contributed by atoms with Crippen molar-refractivity contribution in [3.05, 3.63) is 59.7 Å². The van der Waals surface area contributed by atoms with Gasteiger partial charge in [-0.15, -0.1) is 0 Å². The number of carboxylic acids is 1. The van der Waals surface area contributed by atoms with E-state index in [0.717, 1.165) is 19.3 Å². The van der Waals surface area contributed by atoms with Crippen LogP contribution in [0.2, 0.25) is 0 Å². The Hall–Kier alpha value is -3.35. The molecule has 2 fully saturated rings. The second-order valence-electron chi connectivity index (χ2n) is 9.23. The third-order valence-electron chi connectivity index (χ3n) is 7.16. The van der Waals surface area contributed by atoms with Gasteiger partial charge in [0.25, 0.3) is 0 Å². The summed E-state index contributed by atoms with van der Waals surface area (Å²) in [4.78, 5) is 37.9. The normalized spacial score (nSPS) is 23.0. The van der Waals surface area contributed by atoms with E-state index < -0.39 is 12.1 Å². The molecule has 1 saturated heterocycles. The van der Waals surface area contributed by atoms with Gasteiger partial charge in [0, 0.05) is 31.0 Å². The van der Waals surface area contributed by atoms with Crippen LogP contribution in [0.25, 0.3) is 11.1 Å².